The van der Waals surface area contributed by atoms with Gasteiger partial charge in [0.05, 0.1) is 0 Å². The minimum absolute atomic E-state index is 0.250. The van der Waals surface area contributed by atoms with Gasteiger partial charge in [0, 0.05) is 12.0 Å². The monoisotopic (exact) mass is 198 g/mol. The number of hydrogen-bond acceptors (Lipinski definition) is 2. The highest BCUT2D eigenvalue weighted by molar-refractivity contribution is 5.79. The van der Waals surface area contributed by atoms with Crippen molar-refractivity contribution < 1.29 is 4.79 Å². The molecule has 82 valence electrons. The van der Waals surface area contributed by atoms with Crippen molar-refractivity contribution in [1.82, 2.24) is 10.2 Å². The molecule has 1 atom stereocenters. The normalized spacial score (nSPS) is 21.9. The number of amides is 1. The molecule has 3 heteroatoms. The Hall–Kier alpha value is -0.570. The lowest BCUT2D eigenvalue weighted by atomic mass is 9.96. The highest BCUT2D eigenvalue weighted by Gasteiger charge is 2.23. The Kier molecular flexibility index (Phi) is 4.39. The Morgan fingerprint density at radius 1 is 1.50 bits per heavy atom. The Morgan fingerprint density at radius 2 is 2.07 bits per heavy atom. The van der Waals surface area contributed by atoms with E-state index in [1.165, 1.54) is 0 Å². The van der Waals surface area contributed by atoms with E-state index < -0.39 is 0 Å². The van der Waals surface area contributed by atoms with Gasteiger partial charge in [-0.15, -0.1) is 0 Å². The van der Waals surface area contributed by atoms with Gasteiger partial charge in [0.25, 0.3) is 0 Å². The second-order valence-electron chi connectivity index (χ2n) is 4.40. The Balaban J connectivity index is 2.30. The van der Waals surface area contributed by atoms with Crippen molar-refractivity contribution in [2.45, 2.75) is 39.2 Å². The summed E-state index contributed by atoms with van der Waals surface area (Å²) in [6.45, 7) is 6.27. The van der Waals surface area contributed by atoms with Gasteiger partial charge in [-0.05, 0) is 46.3 Å². The molecule has 1 aliphatic rings. The molecule has 1 N–H and O–H groups in total. The zero-order chi connectivity index (χ0) is 10.6. The largest absolute Gasteiger partial charge is 0.353 e. The highest BCUT2D eigenvalue weighted by Crippen LogP contribution is 2.16. The first-order valence-corrected chi connectivity index (χ1v) is 5.62. The van der Waals surface area contributed by atoms with Crippen LogP contribution in [0.4, 0.5) is 0 Å². The Labute approximate surface area is 86.9 Å². The standard InChI is InChI=1S/C11H22N2O/c1-4-9(2)12-11(14)10-5-7-13(3)8-6-10/h9-10H,4-8H2,1-3H3,(H,12,14)/t9-/m1/s1. The smallest absolute Gasteiger partial charge is 0.223 e. The Bertz CT molecular complexity index is 186. The number of likely N-dealkylation sites (tertiary alicyclic amines) is 1. The van der Waals surface area contributed by atoms with Crippen LogP contribution >= 0.6 is 0 Å². The molecule has 0 unspecified atom stereocenters. The van der Waals surface area contributed by atoms with E-state index in [0.29, 0.717) is 6.04 Å². The summed E-state index contributed by atoms with van der Waals surface area (Å²) in [5, 5.41) is 3.06. The minimum Gasteiger partial charge on any atom is -0.353 e. The lowest BCUT2D eigenvalue weighted by Crippen LogP contribution is -2.41. The fourth-order valence-electron chi connectivity index (χ4n) is 1.73. The third-order valence-electron chi connectivity index (χ3n) is 3.09. The van der Waals surface area contributed by atoms with E-state index in [4.69, 9.17) is 0 Å². The molecule has 0 radical (unpaired) electrons. The number of rotatable bonds is 3. The van der Waals surface area contributed by atoms with Crippen molar-refractivity contribution in [1.29, 1.82) is 0 Å². The van der Waals surface area contributed by atoms with Crippen LogP contribution in [0, 0.1) is 5.92 Å². The third kappa shape index (κ3) is 3.29. The van der Waals surface area contributed by atoms with E-state index in [0.717, 1.165) is 32.4 Å². The second kappa shape index (κ2) is 5.35. The van der Waals surface area contributed by atoms with Crippen molar-refractivity contribution in [3.63, 3.8) is 0 Å². The molecule has 0 aromatic rings. The molecule has 0 aromatic heterocycles. The van der Waals surface area contributed by atoms with Crippen LogP contribution in [0.1, 0.15) is 33.1 Å². The molecule has 0 bridgehead atoms. The molecule has 1 amide bonds. The zero-order valence-electron chi connectivity index (χ0n) is 9.55. The average Bonchev–Trinajstić information content (AvgIpc) is 2.18. The first-order chi connectivity index (χ1) is 6.63. The van der Waals surface area contributed by atoms with Crippen LogP contribution in [0.2, 0.25) is 0 Å². The predicted molar refractivity (Wildman–Crippen MR) is 58.1 cm³/mol. The van der Waals surface area contributed by atoms with Crippen molar-refractivity contribution in [3.05, 3.63) is 0 Å². The summed E-state index contributed by atoms with van der Waals surface area (Å²) in [4.78, 5) is 14.0. The van der Waals surface area contributed by atoms with Crippen molar-refractivity contribution >= 4 is 5.91 Å². The highest BCUT2D eigenvalue weighted by atomic mass is 16.1. The second-order valence-corrected chi connectivity index (χ2v) is 4.40. The first kappa shape index (κ1) is 11.5. The fourth-order valence-corrected chi connectivity index (χ4v) is 1.73. The van der Waals surface area contributed by atoms with Gasteiger partial charge in [-0.2, -0.15) is 0 Å². The van der Waals surface area contributed by atoms with Crippen LogP contribution in [0.15, 0.2) is 0 Å². The summed E-state index contributed by atoms with van der Waals surface area (Å²) < 4.78 is 0. The number of nitrogens with one attached hydrogen (secondary N) is 1. The van der Waals surface area contributed by atoms with Gasteiger partial charge in [0.2, 0.25) is 5.91 Å². The summed E-state index contributed by atoms with van der Waals surface area (Å²) in [6, 6.07) is 0.321. The first-order valence-electron chi connectivity index (χ1n) is 5.62. The number of carbonyl (C=O) groups is 1. The Morgan fingerprint density at radius 3 is 2.57 bits per heavy atom. The molecule has 0 aromatic carbocycles. The van der Waals surface area contributed by atoms with Gasteiger partial charge in [0.15, 0.2) is 0 Å². The number of carbonyl (C=O) groups excluding carboxylic acids is 1. The van der Waals surface area contributed by atoms with Gasteiger partial charge < -0.3 is 10.2 Å². The molecule has 0 aliphatic carbocycles. The molecule has 0 spiro atoms. The topological polar surface area (TPSA) is 32.3 Å². The lowest BCUT2D eigenvalue weighted by molar-refractivity contribution is -0.126. The zero-order valence-corrected chi connectivity index (χ0v) is 9.55. The molecule has 1 heterocycles. The van der Waals surface area contributed by atoms with Crippen molar-refractivity contribution in [3.8, 4) is 0 Å². The molecule has 14 heavy (non-hydrogen) atoms. The SMILES string of the molecule is CC[C@@H](C)NC(=O)C1CCN(C)CC1. The maximum absolute atomic E-state index is 11.7. The summed E-state index contributed by atoms with van der Waals surface area (Å²) in [5.41, 5.74) is 0. The molecular formula is C11H22N2O. The van der Waals surface area contributed by atoms with E-state index in [1.54, 1.807) is 0 Å². The maximum atomic E-state index is 11.7. The molecular weight excluding hydrogens is 176 g/mol. The third-order valence-corrected chi connectivity index (χ3v) is 3.09. The molecule has 1 fully saturated rings. The summed E-state index contributed by atoms with van der Waals surface area (Å²) in [6.07, 6.45) is 3.04. The number of nitrogens with zero attached hydrogens (tertiary/aromatic N) is 1. The van der Waals surface area contributed by atoms with E-state index in [-0.39, 0.29) is 11.8 Å². The van der Waals surface area contributed by atoms with Gasteiger partial charge in [-0.25, -0.2) is 0 Å². The van der Waals surface area contributed by atoms with Gasteiger partial charge in [-0.3, -0.25) is 4.79 Å². The summed E-state index contributed by atoms with van der Waals surface area (Å²) >= 11 is 0. The summed E-state index contributed by atoms with van der Waals surface area (Å²) in [7, 11) is 2.11. The van der Waals surface area contributed by atoms with Crippen LogP contribution in [-0.2, 0) is 4.79 Å². The van der Waals surface area contributed by atoms with Gasteiger partial charge in [-0.1, -0.05) is 6.92 Å². The molecule has 1 saturated heterocycles. The molecule has 0 saturated carbocycles. The van der Waals surface area contributed by atoms with Gasteiger partial charge in [0.1, 0.15) is 0 Å². The maximum Gasteiger partial charge on any atom is 0.223 e. The van der Waals surface area contributed by atoms with Crippen LogP contribution in [0.5, 0.6) is 0 Å². The van der Waals surface area contributed by atoms with E-state index in [9.17, 15) is 4.79 Å². The predicted octanol–water partition coefficient (Wildman–Crippen LogP) is 1.24. The minimum atomic E-state index is 0.250. The van der Waals surface area contributed by atoms with Gasteiger partial charge >= 0.3 is 0 Å². The number of hydrogen-bond donors (Lipinski definition) is 1. The fraction of sp³-hybridized carbons (Fsp3) is 0.909. The molecule has 1 rings (SSSR count). The van der Waals surface area contributed by atoms with E-state index in [1.807, 2.05) is 0 Å². The van der Waals surface area contributed by atoms with Crippen LogP contribution in [0.25, 0.3) is 0 Å². The van der Waals surface area contributed by atoms with Crippen LogP contribution < -0.4 is 5.32 Å². The molecule has 3 nitrogen and oxygen atoms in total. The summed E-state index contributed by atoms with van der Waals surface area (Å²) in [5.74, 6) is 0.507. The average molecular weight is 198 g/mol. The molecule has 1 aliphatic heterocycles. The van der Waals surface area contributed by atoms with Crippen molar-refractivity contribution in [2.24, 2.45) is 5.92 Å². The lowest BCUT2D eigenvalue weighted by Gasteiger charge is -2.28. The van der Waals surface area contributed by atoms with E-state index >= 15 is 0 Å². The quantitative estimate of drug-likeness (QED) is 0.740. The van der Waals surface area contributed by atoms with E-state index in [2.05, 4.69) is 31.1 Å². The van der Waals surface area contributed by atoms with Crippen molar-refractivity contribution in [2.75, 3.05) is 20.1 Å². The van der Waals surface area contributed by atoms with Crippen LogP contribution in [0.3, 0.4) is 0 Å². The van der Waals surface area contributed by atoms with Crippen LogP contribution in [-0.4, -0.2) is 37.0 Å². The number of piperidine rings is 1.